The molecule has 2 rings (SSSR count). The molecule has 0 aromatic carbocycles. The molecule has 1 aliphatic rings. The normalized spacial score (nSPS) is 16.1. The SMILES string of the molecule is CN(C1CC1)S(=O)(=O)c1cncc(C#N)c1. The van der Waals surface area contributed by atoms with Gasteiger partial charge in [0.2, 0.25) is 10.0 Å². The maximum atomic E-state index is 12.1. The molecule has 0 amide bonds. The smallest absolute Gasteiger partial charge is 0.244 e. The van der Waals surface area contributed by atoms with Gasteiger partial charge in [-0.1, -0.05) is 0 Å². The van der Waals surface area contributed by atoms with Gasteiger partial charge in [-0.25, -0.2) is 8.42 Å². The van der Waals surface area contributed by atoms with Crippen molar-refractivity contribution in [1.29, 1.82) is 5.26 Å². The Morgan fingerprint density at radius 3 is 2.75 bits per heavy atom. The van der Waals surface area contributed by atoms with Crippen LogP contribution >= 0.6 is 0 Å². The molecular weight excluding hydrogens is 226 g/mol. The number of aromatic nitrogens is 1. The maximum Gasteiger partial charge on any atom is 0.244 e. The second-order valence-electron chi connectivity index (χ2n) is 3.77. The summed E-state index contributed by atoms with van der Waals surface area (Å²) in [6.45, 7) is 0. The van der Waals surface area contributed by atoms with E-state index in [1.807, 2.05) is 6.07 Å². The van der Waals surface area contributed by atoms with Crippen molar-refractivity contribution >= 4 is 10.0 Å². The molecule has 0 unspecified atom stereocenters. The molecular formula is C10H11N3O2S. The monoisotopic (exact) mass is 237 g/mol. The van der Waals surface area contributed by atoms with Crippen LogP contribution in [-0.2, 0) is 10.0 Å². The predicted molar refractivity (Wildman–Crippen MR) is 56.9 cm³/mol. The Bertz CT molecular complexity index is 543. The van der Waals surface area contributed by atoms with Gasteiger partial charge in [-0.05, 0) is 18.9 Å². The first-order chi connectivity index (χ1) is 7.55. The standard InChI is InChI=1S/C10H11N3O2S/c1-13(9-2-3-9)16(14,15)10-4-8(5-11)6-12-7-10/h4,6-7,9H,2-3H2,1H3. The molecule has 0 spiro atoms. The zero-order valence-electron chi connectivity index (χ0n) is 8.79. The molecule has 6 heteroatoms. The summed E-state index contributed by atoms with van der Waals surface area (Å²) >= 11 is 0. The Morgan fingerprint density at radius 2 is 2.19 bits per heavy atom. The molecule has 16 heavy (non-hydrogen) atoms. The number of rotatable bonds is 3. The zero-order chi connectivity index (χ0) is 11.8. The van der Waals surface area contributed by atoms with Crippen molar-refractivity contribution in [1.82, 2.24) is 9.29 Å². The second-order valence-corrected chi connectivity index (χ2v) is 5.77. The Labute approximate surface area is 94.4 Å². The van der Waals surface area contributed by atoms with Crippen molar-refractivity contribution in [3.05, 3.63) is 24.0 Å². The van der Waals surface area contributed by atoms with E-state index in [9.17, 15) is 8.42 Å². The molecule has 84 valence electrons. The number of nitriles is 1. The van der Waals surface area contributed by atoms with E-state index in [-0.39, 0.29) is 16.5 Å². The quantitative estimate of drug-likeness (QED) is 0.777. The van der Waals surface area contributed by atoms with Gasteiger partial charge in [-0.15, -0.1) is 0 Å². The fourth-order valence-corrected chi connectivity index (χ4v) is 2.83. The number of hydrogen-bond acceptors (Lipinski definition) is 4. The van der Waals surface area contributed by atoms with Gasteiger partial charge in [0.15, 0.2) is 0 Å². The van der Waals surface area contributed by atoms with E-state index in [2.05, 4.69) is 4.98 Å². The molecule has 0 N–H and O–H groups in total. The van der Waals surface area contributed by atoms with Gasteiger partial charge in [0.25, 0.3) is 0 Å². The minimum Gasteiger partial charge on any atom is -0.262 e. The third-order valence-electron chi connectivity index (χ3n) is 2.58. The van der Waals surface area contributed by atoms with Crippen molar-refractivity contribution in [2.75, 3.05) is 7.05 Å². The van der Waals surface area contributed by atoms with Crippen LogP contribution in [0.25, 0.3) is 0 Å². The van der Waals surface area contributed by atoms with Crippen LogP contribution in [0.15, 0.2) is 23.4 Å². The highest BCUT2D eigenvalue weighted by Crippen LogP contribution is 2.30. The summed E-state index contributed by atoms with van der Waals surface area (Å²) in [6.07, 6.45) is 4.42. The lowest BCUT2D eigenvalue weighted by molar-refractivity contribution is 0.464. The van der Waals surface area contributed by atoms with Crippen LogP contribution in [0.1, 0.15) is 18.4 Å². The predicted octanol–water partition coefficient (Wildman–Crippen LogP) is 0.736. The fraction of sp³-hybridized carbons (Fsp3) is 0.400. The van der Waals surface area contributed by atoms with Gasteiger partial charge in [-0.2, -0.15) is 9.57 Å². The molecule has 1 saturated carbocycles. The number of nitrogens with zero attached hydrogens (tertiary/aromatic N) is 3. The van der Waals surface area contributed by atoms with Crippen LogP contribution in [0.5, 0.6) is 0 Å². The van der Waals surface area contributed by atoms with Crippen molar-refractivity contribution < 1.29 is 8.42 Å². The molecule has 0 radical (unpaired) electrons. The first-order valence-electron chi connectivity index (χ1n) is 4.89. The van der Waals surface area contributed by atoms with Crippen LogP contribution in [0.4, 0.5) is 0 Å². The van der Waals surface area contributed by atoms with Crippen molar-refractivity contribution in [3.63, 3.8) is 0 Å². The number of hydrogen-bond donors (Lipinski definition) is 0. The van der Waals surface area contributed by atoms with E-state index in [1.165, 1.54) is 22.8 Å². The number of sulfonamides is 1. The highest BCUT2D eigenvalue weighted by atomic mass is 32.2. The first-order valence-corrected chi connectivity index (χ1v) is 6.33. The van der Waals surface area contributed by atoms with E-state index in [0.717, 1.165) is 12.8 Å². The van der Waals surface area contributed by atoms with Gasteiger partial charge in [0.1, 0.15) is 11.0 Å². The van der Waals surface area contributed by atoms with Crippen LogP contribution in [0.2, 0.25) is 0 Å². The van der Waals surface area contributed by atoms with Crippen molar-refractivity contribution in [3.8, 4) is 6.07 Å². The summed E-state index contributed by atoms with van der Waals surface area (Å²) in [4.78, 5) is 3.84. The van der Waals surface area contributed by atoms with Gasteiger partial charge >= 0.3 is 0 Å². The van der Waals surface area contributed by atoms with E-state index in [0.29, 0.717) is 0 Å². The summed E-state index contributed by atoms with van der Waals surface area (Å²) < 4.78 is 25.5. The average Bonchev–Trinajstić information content (AvgIpc) is 3.12. The minimum absolute atomic E-state index is 0.0842. The molecule has 1 aromatic heterocycles. The molecule has 5 nitrogen and oxygen atoms in total. The van der Waals surface area contributed by atoms with Crippen LogP contribution < -0.4 is 0 Å². The molecule has 1 aromatic rings. The Kier molecular flexibility index (Phi) is 2.66. The lowest BCUT2D eigenvalue weighted by atomic mass is 10.3. The van der Waals surface area contributed by atoms with Gasteiger partial charge in [-0.3, -0.25) is 4.98 Å². The molecule has 0 bridgehead atoms. The molecule has 0 aliphatic heterocycles. The molecule has 1 heterocycles. The topological polar surface area (TPSA) is 74.1 Å². The van der Waals surface area contributed by atoms with Crippen LogP contribution in [-0.4, -0.2) is 30.8 Å². The molecule has 0 saturated heterocycles. The van der Waals surface area contributed by atoms with Gasteiger partial charge in [0, 0.05) is 25.5 Å². The van der Waals surface area contributed by atoms with Gasteiger partial charge in [0.05, 0.1) is 5.56 Å². The third kappa shape index (κ3) is 1.92. The Hall–Kier alpha value is -1.45. The molecule has 1 fully saturated rings. The van der Waals surface area contributed by atoms with Crippen molar-refractivity contribution in [2.24, 2.45) is 0 Å². The Balaban J connectivity index is 2.39. The zero-order valence-corrected chi connectivity index (χ0v) is 9.61. The highest BCUT2D eigenvalue weighted by molar-refractivity contribution is 7.89. The lowest BCUT2D eigenvalue weighted by Gasteiger charge is -2.15. The number of pyridine rings is 1. The fourth-order valence-electron chi connectivity index (χ4n) is 1.42. The van der Waals surface area contributed by atoms with Crippen molar-refractivity contribution in [2.45, 2.75) is 23.8 Å². The summed E-state index contributed by atoms with van der Waals surface area (Å²) in [5.74, 6) is 0. The highest BCUT2D eigenvalue weighted by Gasteiger charge is 2.35. The van der Waals surface area contributed by atoms with Crippen LogP contribution in [0.3, 0.4) is 0 Å². The summed E-state index contributed by atoms with van der Waals surface area (Å²) in [7, 11) is -1.93. The van der Waals surface area contributed by atoms with Crippen LogP contribution in [0, 0.1) is 11.3 Å². The van der Waals surface area contributed by atoms with E-state index >= 15 is 0 Å². The maximum absolute atomic E-state index is 12.1. The first kappa shape index (κ1) is 11.0. The summed E-state index contributed by atoms with van der Waals surface area (Å²) in [5.41, 5.74) is 0.255. The molecule has 0 atom stereocenters. The van der Waals surface area contributed by atoms with E-state index in [4.69, 9.17) is 5.26 Å². The Morgan fingerprint density at radius 1 is 1.50 bits per heavy atom. The third-order valence-corrected chi connectivity index (χ3v) is 4.46. The lowest BCUT2D eigenvalue weighted by Crippen LogP contribution is -2.29. The largest absolute Gasteiger partial charge is 0.262 e. The molecule has 1 aliphatic carbocycles. The second kappa shape index (κ2) is 3.85. The average molecular weight is 237 g/mol. The summed E-state index contributed by atoms with van der Waals surface area (Å²) in [6, 6.07) is 3.33. The van der Waals surface area contributed by atoms with Gasteiger partial charge < -0.3 is 0 Å². The van der Waals surface area contributed by atoms with E-state index in [1.54, 1.807) is 7.05 Å². The van der Waals surface area contributed by atoms with E-state index < -0.39 is 10.0 Å². The minimum atomic E-state index is -3.49. The summed E-state index contributed by atoms with van der Waals surface area (Å²) in [5, 5.41) is 8.69.